The van der Waals surface area contributed by atoms with Gasteiger partial charge in [0, 0.05) is 41.8 Å². The molecule has 1 aliphatic rings. The number of aryl methyl sites for hydroxylation is 1. The molecule has 0 bridgehead atoms. The fourth-order valence-electron chi connectivity index (χ4n) is 2.53. The molecule has 110 valence electrons. The smallest absolute Gasteiger partial charge is 0.272 e. The van der Waals surface area contributed by atoms with Crippen LogP contribution in [0.5, 0.6) is 0 Å². The largest absolute Gasteiger partial charge is 0.347 e. The van der Waals surface area contributed by atoms with E-state index in [0.717, 1.165) is 39.8 Å². The number of hydrogen-bond donors (Lipinski definition) is 3. The summed E-state index contributed by atoms with van der Waals surface area (Å²) in [6, 6.07) is 6.04. The minimum Gasteiger partial charge on any atom is -0.347 e. The molecule has 0 radical (unpaired) electrons. The first kappa shape index (κ1) is 14.3. The van der Waals surface area contributed by atoms with Gasteiger partial charge in [0.05, 0.1) is 0 Å². The fourth-order valence-corrected chi connectivity index (χ4v) is 3.01. The standard InChI is InChI=1S/C15H17BrN4O/c1-9-6-11(16)3-2-10(9)7-18-15(21)14-12-8-17-5-4-13(12)19-20-14/h2-3,6,17H,4-5,7-8H2,1H3,(H,18,21)(H,19,20). The molecule has 0 saturated carbocycles. The second-order valence-corrected chi connectivity index (χ2v) is 6.13. The third-order valence-corrected chi connectivity index (χ3v) is 4.26. The Morgan fingerprint density at radius 3 is 3.14 bits per heavy atom. The SMILES string of the molecule is Cc1cc(Br)ccc1CNC(=O)c1n[nH]c2c1CNCC2. The van der Waals surface area contributed by atoms with E-state index >= 15 is 0 Å². The molecule has 2 heterocycles. The maximum Gasteiger partial charge on any atom is 0.272 e. The molecule has 3 rings (SSSR count). The summed E-state index contributed by atoms with van der Waals surface area (Å²) in [6.07, 6.45) is 0.890. The molecule has 0 unspecified atom stereocenters. The van der Waals surface area contributed by atoms with Crippen molar-refractivity contribution in [3.63, 3.8) is 0 Å². The third kappa shape index (κ3) is 3.01. The Hall–Kier alpha value is -1.66. The van der Waals surface area contributed by atoms with Gasteiger partial charge in [-0.15, -0.1) is 0 Å². The second-order valence-electron chi connectivity index (χ2n) is 5.21. The second kappa shape index (κ2) is 5.99. The van der Waals surface area contributed by atoms with Crippen LogP contribution < -0.4 is 10.6 Å². The zero-order valence-corrected chi connectivity index (χ0v) is 13.4. The molecular weight excluding hydrogens is 332 g/mol. The lowest BCUT2D eigenvalue weighted by atomic mass is 10.1. The van der Waals surface area contributed by atoms with Crippen LogP contribution in [0.1, 0.15) is 32.9 Å². The molecule has 3 N–H and O–H groups in total. The Bertz CT molecular complexity index is 680. The normalized spacial score (nSPS) is 13.8. The molecule has 5 nitrogen and oxygen atoms in total. The Labute approximate surface area is 131 Å². The van der Waals surface area contributed by atoms with Crippen LogP contribution in [-0.4, -0.2) is 22.6 Å². The van der Waals surface area contributed by atoms with Crippen LogP contribution in [0.15, 0.2) is 22.7 Å². The molecule has 1 amide bonds. The van der Waals surface area contributed by atoms with Crippen molar-refractivity contribution in [2.75, 3.05) is 6.54 Å². The summed E-state index contributed by atoms with van der Waals surface area (Å²) < 4.78 is 1.04. The molecule has 2 aromatic rings. The average Bonchev–Trinajstić information content (AvgIpc) is 2.90. The summed E-state index contributed by atoms with van der Waals surface area (Å²) in [4.78, 5) is 12.3. The van der Waals surface area contributed by atoms with Crippen molar-refractivity contribution >= 4 is 21.8 Å². The zero-order chi connectivity index (χ0) is 14.8. The summed E-state index contributed by atoms with van der Waals surface area (Å²) >= 11 is 3.44. The summed E-state index contributed by atoms with van der Waals surface area (Å²) in [5.74, 6) is -0.126. The predicted octanol–water partition coefficient (Wildman–Crippen LogP) is 2.06. The first-order chi connectivity index (χ1) is 10.1. The number of fused-ring (bicyclic) bond motifs is 1. The highest BCUT2D eigenvalue weighted by Crippen LogP contribution is 2.17. The van der Waals surface area contributed by atoms with E-state index in [4.69, 9.17) is 0 Å². The average molecular weight is 349 g/mol. The van der Waals surface area contributed by atoms with Gasteiger partial charge in [0.25, 0.3) is 5.91 Å². The highest BCUT2D eigenvalue weighted by atomic mass is 79.9. The number of benzene rings is 1. The summed E-state index contributed by atoms with van der Waals surface area (Å²) in [5, 5.41) is 13.3. The van der Waals surface area contributed by atoms with Gasteiger partial charge < -0.3 is 10.6 Å². The molecule has 0 spiro atoms. The number of hydrogen-bond acceptors (Lipinski definition) is 3. The molecule has 0 aliphatic carbocycles. The van der Waals surface area contributed by atoms with Crippen LogP contribution in [0.25, 0.3) is 0 Å². The Morgan fingerprint density at radius 2 is 2.33 bits per heavy atom. The van der Waals surface area contributed by atoms with Crippen LogP contribution in [0.4, 0.5) is 0 Å². The van der Waals surface area contributed by atoms with Crippen molar-refractivity contribution < 1.29 is 4.79 Å². The van der Waals surface area contributed by atoms with Gasteiger partial charge >= 0.3 is 0 Å². The van der Waals surface area contributed by atoms with E-state index in [2.05, 4.69) is 36.8 Å². The quantitative estimate of drug-likeness (QED) is 0.795. The van der Waals surface area contributed by atoms with Gasteiger partial charge in [0.2, 0.25) is 0 Å². The molecular formula is C15H17BrN4O. The summed E-state index contributed by atoms with van der Waals surface area (Å²) in [5.41, 5.74) is 4.82. The van der Waals surface area contributed by atoms with E-state index in [1.165, 1.54) is 0 Å². The maximum atomic E-state index is 12.3. The van der Waals surface area contributed by atoms with E-state index in [1.54, 1.807) is 0 Å². The van der Waals surface area contributed by atoms with Crippen LogP contribution in [0, 0.1) is 6.92 Å². The van der Waals surface area contributed by atoms with Crippen LogP contribution in [0.2, 0.25) is 0 Å². The Balaban J connectivity index is 1.71. The molecule has 1 aliphatic heterocycles. The van der Waals surface area contributed by atoms with Crippen molar-refractivity contribution in [2.24, 2.45) is 0 Å². The van der Waals surface area contributed by atoms with Gasteiger partial charge in [0.15, 0.2) is 5.69 Å². The van der Waals surface area contributed by atoms with Gasteiger partial charge in [-0.2, -0.15) is 5.10 Å². The number of H-pyrrole nitrogens is 1. The number of nitrogens with zero attached hydrogens (tertiary/aromatic N) is 1. The van der Waals surface area contributed by atoms with Crippen molar-refractivity contribution in [1.29, 1.82) is 0 Å². The van der Waals surface area contributed by atoms with Gasteiger partial charge in [-0.3, -0.25) is 9.89 Å². The number of aromatic nitrogens is 2. The molecule has 0 fully saturated rings. The molecule has 21 heavy (non-hydrogen) atoms. The van der Waals surface area contributed by atoms with Crippen molar-refractivity contribution in [2.45, 2.75) is 26.4 Å². The van der Waals surface area contributed by atoms with E-state index in [0.29, 0.717) is 18.8 Å². The van der Waals surface area contributed by atoms with E-state index in [1.807, 2.05) is 25.1 Å². The molecule has 1 aromatic heterocycles. The molecule has 6 heteroatoms. The van der Waals surface area contributed by atoms with Gasteiger partial charge in [-0.1, -0.05) is 22.0 Å². The highest BCUT2D eigenvalue weighted by Gasteiger charge is 2.21. The molecule has 0 atom stereocenters. The van der Waals surface area contributed by atoms with E-state index in [-0.39, 0.29) is 5.91 Å². The number of aromatic amines is 1. The zero-order valence-electron chi connectivity index (χ0n) is 11.8. The van der Waals surface area contributed by atoms with Crippen molar-refractivity contribution in [3.8, 4) is 0 Å². The molecule has 0 saturated heterocycles. The third-order valence-electron chi connectivity index (χ3n) is 3.77. The lowest BCUT2D eigenvalue weighted by Gasteiger charge is -2.13. The van der Waals surface area contributed by atoms with E-state index < -0.39 is 0 Å². The Kier molecular flexibility index (Phi) is 4.07. The van der Waals surface area contributed by atoms with Crippen LogP contribution in [-0.2, 0) is 19.5 Å². The predicted molar refractivity (Wildman–Crippen MR) is 84.0 cm³/mol. The number of nitrogens with one attached hydrogen (secondary N) is 3. The topological polar surface area (TPSA) is 69.8 Å². The summed E-state index contributed by atoms with van der Waals surface area (Å²) in [7, 11) is 0. The van der Waals surface area contributed by atoms with Gasteiger partial charge in [-0.05, 0) is 30.2 Å². The van der Waals surface area contributed by atoms with Crippen LogP contribution >= 0.6 is 15.9 Å². The van der Waals surface area contributed by atoms with Crippen molar-refractivity contribution in [1.82, 2.24) is 20.8 Å². The monoisotopic (exact) mass is 348 g/mol. The number of carbonyl (C=O) groups is 1. The number of rotatable bonds is 3. The number of amides is 1. The van der Waals surface area contributed by atoms with Gasteiger partial charge in [-0.25, -0.2) is 0 Å². The minimum atomic E-state index is -0.126. The van der Waals surface area contributed by atoms with Gasteiger partial charge in [0.1, 0.15) is 0 Å². The summed E-state index contributed by atoms with van der Waals surface area (Å²) in [6.45, 7) is 4.17. The Morgan fingerprint density at radius 1 is 1.48 bits per heavy atom. The van der Waals surface area contributed by atoms with Crippen LogP contribution in [0.3, 0.4) is 0 Å². The first-order valence-corrected chi connectivity index (χ1v) is 7.74. The lowest BCUT2D eigenvalue weighted by Crippen LogP contribution is -2.28. The highest BCUT2D eigenvalue weighted by molar-refractivity contribution is 9.10. The van der Waals surface area contributed by atoms with Crippen molar-refractivity contribution in [3.05, 3.63) is 50.8 Å². The first-order valence-electron chi connectivity index (χ1n) is 6.95. The lowest BCUT2D eigenvalue weighted by molar-refractivity contribution is 0.0944. The van der Waals surface area contributed by atoms with E-state index in [9.17, 15) is 4.79 Å². The number of halogens is 1. The minimum absolute atomic E-state index is 0.126. The fraction of sp³-hybridized carbons (Fsp3) is 0.333. The molecule has 1 aromatic carbocycles. The maximum absolute atomic E-state index is 12.3. The number of carbonyl (C=O) groups excluding carboxylic acids is 1.